The minimum Gasteiger partial charge on any atom is -0.334 e. The zero-order valence-electron chi connectivity index (χ0n) is 11.0. The average Bonchev–Trinajstić information content (AvgIpc) is 3.00. The van der Waals surface area contributed by atoms with Crippen LogP contribution >= 0.6 is 34.5 Å². The third-order valence-electron chi connectivity index (χ3n) is 3.92. The predicted octanol–water partition coefficient (Wildman–Crippen LogP) is 4.47. The van der Waals surface area contributed by atoms with Gasteiger partial charge in [0.05, 0.1) is 15.4 Å². The second-order valence-electron chi connectivity index (χ2n) is 5.50. The number of nitrogens with two attached hydrogens (primary N) is 1. The maximum absolute atomic E-state index is 6.44. The molecule has 0 saturated heterocycles. The third-order valence-corrected chi connectivity index (χ3v) is 5.41. The van der Waals surface area contributed by atoms with Crippen LogP contribution in [0.15, 0.2) is 10.6 Å². The Labute approximate surface area is 131 Å². The van der Waals surface area contributed by atoms with Crippen LogP contribution in [0, 0.1) is 5.92 Å². The lowest BCUT2D eigenvalue weighted by Gasteiger charge is -2.33. The Morgan fingerprint density at radius 3 is 2.70 bits per heavy atom. The van der Waals surface area contributed by atoms with Crippen molar-refractivity contribution in [2.75, 3.05) is 0 Å². The fourth-order valence-corrected chi connectivity index (χ4v) is 3.97. The molecular weight excluding hydrogens is 317 g/mol. The molecule has 2 aromatic heterocycles. The van der Waals surface area contributed by atoms with E-state index in [0.29, 0.717) is 31.9 Å². The van der Waals surface area contributed by atoms with Gasteiger partial charge in [0.25, 0.3) is 5.89 Å². The lowest BCUT2D eigenvalue weighted by molar-refractivity contribution is 0.230. The molecule has 1 aliphatic carbocycles. The molecule has 0 unspecified atom stereocenters. The summed E-state index contributed by atoms with van der Waals surface area (Å²) in [7, 11) is 0. The Kier molecular flexibility index (Phi) is 3.79. The monoisotopic (exact) mass is 331 g/mol. The predicted molar refractivity (Wildman–Crippen MR) is 81.1 cm³/mol. The molecule has 1 saturated carbocycles. The van der Waals surface area contributed by atoms with Crippen molar-refractivity contribution < 1.29 is 4.52 Å². The summed E-state index contributed by atoms with van der Waals surface area (Å²) in [5, 5.41) is 4.06. The molecule has 0 bridgehead atoms. The minimum atomic E-state index is -0.486. The molecule has 0 radical (unpaired) electrons. The van der Waals surface area contributed by atoms with E-state index >= 15 is 0 Å². The number of hydrogen-bond acceptors (Lipinski definition) is 5. The Balaban J connectivity index is 1.89. The van der Waals surface area contributed by atoms with Crippen LogP contribution in [0.2, 0.25) is 8.67 Å². The molecule has 2 heterocycles. The normalized spacial score (nSPS) is 26.9. The van der Waals surface area contributed by atoms with Crippen LogP contribution in [0.4, 0.5) is 0 Å². The van der Waals surface area contributed by atoms with E-state index in [1.807, 2.05) is 0 Å². The molecule has 20 heavy (non-hydrogen) atoms. The molecule has 0 atom stereocenters. The Bertz CT molecular complexity index is 617. The highest BCUT2D eigenvalue weighted by Crippen LogP contribution is 2.40. The molecule has 2 N–H and O–H groups in total. The van der Waals surface area contributed by atoms with Crippen molar-refractivity contribution in [1.29, 1.82) is 0 Å². The van der Waals surface area contributed by atoms with Gasteiger partial charge in [0.2, 0.25) is 0 Å². The summed E-state index contributed by atoms with van der Waals surface area (Å²) in [4.78, 5) is 4.44. The topological polar surface area (TPSA) is 64.9 Å². The molecule has 1 fully saturated rings. The van der Waals surface area contributed by atoms with Gasteiger partial charge >= 0.3 is 0 Å². The zero-order chi connectivity index (χ0) is 14.3. The van der Waals surface area contributed by atoms with E-state index in [0.717, 1.165) is 25.7 Å². The average molecular weight is 332 g/mol. The molecule has 0 aliphatic heterocycles. The number of aromatic nitrogens is 2. The van der Waals surface area contributed by atoms with Crippen LogP contribution in [-0.2, 0) is 5.54 Å². The molecule has 4 nitrogen and oxygen atoms in total. The molecular formula is C13H15Cl2N3OS. The van der Waals surface area contributed by atoms with Crippen LogP contribution in [0.3, 0.4) is 0 Å². The van der Waals surface area contributed by atoms with Gasteiger partial charge in [0, 0.05) is 0 Å². The van der Waals surface area contributed by atoms with Gasteiger partial charge in [-0.2, -0.15) is 4.98 Å². The van der Waals surface area contributed by atoms with Crippen LogP contribution in [-0.4, -0.2) is 10.1 Å². The second kappa shape index (κ2) is 5.30. The van der Waals surface area contributed by atoms with Crippen molar-refractivity contribution in [3.63, 3.8) is 0 Å². The van der Waals surface area contributed by atoms with Crippen LogP contribution in [0.1, 0.15) is 38.4 Å². The highest BCUT2D eigenvalue weighted by molar-refractivity contribution is 7.20. The van der Waals surface area contributed by atoms with E-state index in [-0.39, 0.29) is 0 Å². The molecule has 1 aliphatic rings. The van der Waals surface area contributed by atoms with E-state index in [1.54, 1.807) is 6.07 Å². The standard InChI is InChI=1S/C13H15Cl2N3OS/c1-7-2-4-13(16,5-3-7)12-17-11(19-18-12)8-6-9(14)20-10(8)15/h6-7H,2-5,16H2,1H3. The smallest absolute Gasteiger partial charge is 0.260 e. The van der Waals surface area contributed by atoms with Crippen molar-refractivity contribution in [2.24, 2.45) is 11.7 Å². The Morgan fingerprint density at radius 1 is 1.40 bits per heavy atom. The van der Waals surface area contributed by atoms with E-state index in [4.69, 9.17) is 33.5 Å². The fourth-order valence-electron chi connectivity index (χ4n) is 2.52. The number of nitrogens with zero attached hydrogens (tertiary/aromatic N) is 2. The molecule has 108 valence electrons. The van der Waals surface area contributed by atoms with E-state index < -0.39 is 5.54 Å². The maximum atomic E-state index is 6.44. The summed E-state index contributed by atoms with van der Waals surface area (Å²) in [6, 6.07) is 1.73. The molecule has 0 aromatic carbocycles. The molecule has 3 rings (SSSR count). The summed E-state index contributed by atoms with van der Waals surface area (Å²) in [5.41, 5.74) is 6.62. The summed E-state index contributed by atoms with van der Waals surface area (Å²) >= 11 is 13.3. The third kappa shape index (κ3) is 2.60. The van der Waals surface area contributed by atoms with Gasteiger partial charge in [-0.25, -0.2) is 0 Å². The van der Waals surface area contributed by atoms with Crippen molar-refractivity contribution in [3.05, 3.63) is 20.6 Å². The van der Waals surface area contributed by atoms with Gasteiger partial charge < -0.3 is 10.3 Å². The quantitative estimate of drug-likeness (QED) is 0.881. The number of thiophene rings is 1. The largest absolute Gasteiger partial charge is 0.334 e. The van der Waals surface area contributed by atoms with Crippen molar-refractivity contribution in [3.8, 4) is 11.5 Å². The first-order valence-electron chi connectivity index (χ1n) is 6.56. The van der Waals surface area contributed by atoms with Gasteiger partial charge in [0.1, 0.15) is 4.34 Å². The highest BCUT2D eigenvalue weighted by Gasteiger charge is 2.36. The fraction of sp³-hybridized carbons (Fsp3) is 0.538. The van der Waals surface area contributed by atoms with Crippen LogP contribution in [0.25, 0.3) is 11.5 Å². The first kappa shape index (κ1) is 14.3. The summed E-state index contributed by atoms with van der Waals surface area (Å²) < 4.78 is 6.46. The van der Waals surface area contributed by atoms with Crippen molar-refractivity contribution in [2.45, 2.75) is 38.1 Å². The van der Waals surface area contributed by atoms with Gasteiger partial charge in [-0.05, 0) is 37.7 Å². The number of halogens is 2. The van der Waals surface area contributed by atoms with E-state index in [9.17, 15) is 0 Å². The minimum absolute atomic E-state index is 0.386. The number of hydrogen-bond donors (Lipinski definition) is 1. The van der Waals surface area contributed by atoms with Crippen LogP contribution < -0.4 is 5.73 Å². The van der Waals surface area contributed by atoms with Crippen molar-refractivity contribution >= 4 is 34.5 Å². The van der Waals surface area contributed by atoms with Crippen molar-refractivity contribution in [1.82, 2.24) is 10.1 Å². The summed E-state index contributed by atoms with van der Waals surface area (Å²) in [6.07, 6.45) is 3.94. The molecule has 0 spiro atoms. The van der Waals surface area contributed by atoms with Gasteiger partial charge in [-0.3, -0.25) is 0 Å². The molecule has 2 aromatic rings. The number of rotatable bonds is 2. The highest BCUT2D eigenvalue weighted by atomic mass is 35.5. The van der Waals surface area contributed by atoms with Crippen LogP contribution in [0.5, 0.6) is 0 Å². The lowest BCUT2D eigenvalue weighted by atomic mass is 9.77. The second-order valence-corrected chi connectivity index (χ2v) is 7.79. The van der Waals surface area contributed by atoms with Gasteiger partial charge in [0.15, 0.2) is 5.82 Å². The zero-order valence-corrected chi connectivity index (χ0v) is 13.4. The van der Waals surface area contributed by atoms with Gasteiger partial charge in [-0.1, -0.05) is 35.3 Å². The Morgan fingerprint density at radius 2 is 2.10 bits per heavy atom. The SMILES string of the molecule is CC1CCC(N)(c2noc(-c3cc(Cl)sc3Cl)n2)CC1. The lowest BCUT2D eigenvalue weighted by Crippen LogP contribution is -2.41. The summed E-state index contributed by atoms with van der Waals surface area (Å²) in [6.45, 7) is 2.24. The van der Waals surface area contributed by atoms with E-state index in [2.05, 4.69) is 17.1 Å². The maximum Gasteiger partial charge on any atom is 0.260 e. The molecule has 7 heteroatoms. The molecule has 0 amide bonds. The first-order valence-corrected chi connectivity index (χ1v) is 8.13. The van der Waals surface area contributed by atoms with E-state index in [1.165, 1.54) is 11.3 Å². The van der Waals surface area contributed by atoms with Gasteiger partial charge in [-0.15, -0.1) is 11.3 Å². The Hall–Kier alpha value is -0.620. The summed E-state index contributed by atoms with van der Waals surface area (Å²) in [5.74, 6) is 1.66. The first-order chi connectivity index (χ1) is 9.48.